The maximum absolute atomic E-state index is 11.5. The Morgan fingerprint density at radius 3 is 2.61 bits per heavy atom. The predicted octanol–water partition coefficient (Wildman–Crippen LogP) is 1.25. The van der Waals surface area contributed by atoms with Gasteiger partial charge < -0.3 is 4.98 Å². The van der Waals surface area contributed by atoms with Gasteiger partial charge in [-0.05, 0) is 12.1 Å². The van der Waals surface area contributed by atoms with E-state index < -0.39 is 0 Å². The molecule has 0 saturated carbocycles. The van der Waals surface area contributed by atoms with Gasteiger partial charge in [0.2, 0.25) is 11.8 Å². The van der Waals surface area contributed by atoms with E-state index >= 15 is 0 Å². The van der Waals surface area contributed by atoms with Crippen LogP contribution in [0.15, 0.2) is 24.3 Å². The van der Waals surface area contributed by atoms with Gasteiger partial charge in [0.05, 0.1) is 11.0 Å². The van der Waals surface area contributed by atoms with Crippen molar-refractivity contribution in [3.63, 3.8) is 0 Å². The van der Waals surface area contributed by atoms with Crippen molar-refractivity contribution in [3.05, 3.63) is 30.1 Å². The van der Waals surface area contributed by atoms with Crippen LogP contribution in [0.5, 0.6) is 0 Å². The van der Waals surface area contributed by atoms with E-state index in [0.717, 1.165) is 16.9 Å². The smallest absolute Gasteiger partial charge is 0.229 e. The number of carbonyl (C=O) groups excluding carboxylic acids is 2. The molecule has 1 aromatic heterocycles. The van der Waals surface area contributed by atoms with Gasteiger partial charge in [0, 0.05) is 25.8 Å². The topological polar surface area (TPSA) is 66.1 Å². The average molecular weight is 243 g/mol. The van der Waals surface area contributed by atoms with Crippen molar-refractivity contribution in [2.24, 2.45) is 0 Å². The molecule has 3 rings (SSSR count). The number of nitrogens with zero attached hydrogens (tertiary/aromatic N) is 2. The van der Waals surface area contributed by atoms with Gasteiger partial charge in [0.15, 0.2) is 0 Å². The Labute approximate surface area is 104 Å². The number of rotatable bonds is 3. The average Bonchev–Trinajstić information content (AvgIpc) is 2.91. The number of para-hydroxylation sites is 2. The fourth-order valence-corrected chi connectivity index (χ4v) is 2.21. The Morgan fingerprint density at radius 2 is 1.89 bits per heavy atom. The zero-order valence-electron chi connectivity index (χ0n) is 9.85. The lowest BCUT2D eigenvalue weighted by molar-refractivity contribution is -0.138. The highest BCUT2D eigenvalue weighted by Crippen LogP contribution is 2.14. The number of aromatic amines is 1. The molecular formula is C13H13N3O2. The van der Waals surface area contributed by atoms with E-state index in [-0.39, 0.29) is 11.8 Å². The fraction of sp³-hybridized carbons (Fsp3) is 0.308. The summed E-state index contributed by atoms with van der Waals surface area (Å²) in [6, 6.07) is 7.76. The maximum Gasteiger partial charge on any atom is 0.229 e. The first-order chi connectivity index (χ1) is 8.74. The molecule has 0 spiro atoms. The normalized spacial score (nSPS) is 15.9. The van der Waals surface area contributed by atoms with Crippen molar-refractivity contribution in [2.45, 2.75) is 19.3 Å². The summed E-state index contributed by atoms with van der Waals surface area (Å²) >= 11 is 0. The highest BCUT2D eigenvalue weighted by molar-refractivity contribution is 6.01. The van der Waals surface area contributed by atoms with Gasteiger partial charge in [-0.2, -0.15) is 0 Å². The van der Waals surface area contributed by atoms with Crippen LogP contribution < -0.4 is 0 Å². The fourth-order valence-electron chi connectivity index (χ4n) is 2.21. The quantitative estimate of drug-likeness (QED) is 0.825. The number of likely N-dealkylation sites (tertiary alicyclic amines) is 1. The lowest BCUT2D eigenvalue weighted by Gasteiger charge is -2.11. The maximum atomic E-state index is 11.5. The summed E-state index contributed by atoms with van der Waals surface area (Å²) in [7, 11) is 0. The Hall–Kier alpha value is -2.17. The summed E-state index contributed by atoms with van der Waals surface area (Å²) in [5.74, 6) is 0.663. The summed E-state index contributed by atoms with van der Waals surface area (Å²) in [5, 5.41) is 0. The minimum absolute atomic E-state index is 0.0730. The number of amides is 2. The molecule has 5 nitrogen and oxygen atoms in total. The molecule has 1 aliphatic rings. The molecule has 0 unspecified atom stereocenters. The number of nitrogens with one attached hydrogen (secondary N) is 1. The first-order valence-corrected chi connectivity index (χ1v) is 6.01. The Morgan fingerprint density at radius 1 is 1.17 bits per heavy atom. The molecule has 1 fully saturated rings. The van der Waals surface area contributed by atoms with E-state index in [0.29, 0.717) is 25.8 Å². The number of aromatic nitrogens is 2. The second kappa shape index (κ2) is 4.25. The zero-order valence-corrected chi connectivity index (χ0v) is 9.85. The minimum Gasteiger partial charge on any atom is -0.342 e. The summed E-state index contributed by atoms with van der Waals surface area (Å²) in [4.78, 5) is 31.8. The molecule has 1 aromatic carbocycles. The molecule has 1 saturated heterocycles. The van der Waals surface area contributed by atoms with Crippen LogP contribution in [0, 0.1) is 0 Å². The SMILES string of the molecule is O=C1CCC(=O)N1CCc1nc2ccccc2[nH]1. The molecule has 2 amide bonds. The van der Waals surface area contributed by atoms with E-state index in [9.17, 15) is 9.59 Å². The van der Waals surface area contributed by atoms with Crippen molar-refractivity contribution >= 4 is 22.8 Å². The number of H-pyrrole nitrogens is 1. The van der Waals surface area contributed by atoms with Gasteiger partial charge in [0.1, 0.15) is 5.82 Å². The number of hydrogen-bond acceptors (Lipinski definition) is 3. The third-order valence-corrected chi connectivity index (χ3v) is 3.17. The van der Waals surface area contributed by atoms with Gasteiger partial charge in [-0.1, -0.05) is 12.1 Å². The second-order valence-corrected chi connectivity index (χ2v) is 4.39. The van der Waals surface area contributed by atoms with Gasteiger partial charge >= 0.3 is 0 Å². The van der Waals surface area contributed by atoms with Crippen LogP contribution >= 0.6 is 0 Å². The number of imide groups is 1. The van der Waals surface area contributed by atoms with Crippen molar-refractivity contribution in [1.29, 1.82) is 0 Å². The van der Waals surface area contributed by atoms with E-state index in [4.69, 9.17) is 0 Å². The molecular weight excluding hydrogens is 230 g/mol. The van der Waals surface area contributed by atoms with Crippen LogP contribution in [0.25, 0.3) is 11.0 Å². The summed E-state index contributed by atoms with van der Waals surface area (Å²) in [6.07, 6.45) is 1.27. The first-order valence-electron chi connectivity index (χ1n) is 6.01. The molecule has 2 aromatic rings. The number of carbonyl (C=O) groups is 2. The van der Waals surface area contributed by atoms with Crippen LogP contribution in [0.3, 0.4) is 0 Å². The van der Waals surface area contributed by atoms with Gasteiger partial charge in [-0.15, -0.1) is 0 Å². The first kappa shape index (κ1) is 11.0. The molecule has 0 bridgehead atoms. The second-order valence-electron chi connectivity index (χ2n) is 4.39. The minimum atomic E-state index is -0.0730. The predicted molar refractivity (Wildman–Crippen MR) is 65.8 cm³/mol. The van der Waals surface area contributed by atoms with Gasteiger partial charge in [0.25, 0.3) is 0 Å². The highest BCUT2D eigenvalue weighted by Gasteiger charge is 2.28. The molecule has 0 atom stereocenters. The lowest BCUT2D eigenvalue weighted by atomic mass is 10.3. The number of hydrogen-bond donors (Lipinski definition) is 1. The molecule has 0 aliphatic carbocycles. The third kappa shape index (κ3) is 1.88. The van der Waals surface area contributed by atoms with Gasteiger partial charge in [-0.3, -0.25) is 14.5 Å². The largest absolute Gasteiger partial charge is 0.342 e. The van der Waals surface area contributed by atoms with E-state index in [1.165, 1.54) is 4.90 Å². The van der Waals surface area contributed by atoms with Crippen LogP contribution in [0.4, 0.5) is 0 Å². The number of benzene rings is 1. The Bertz CT molecular complexity index is 568. The molecule has 92 valence electrons. The monoisotopic (exact) mass is 243 g/mol. The summed E-state index contributed by atoms with van der Waals surface area (Å²) in [6.45, 7) is 0.414. The van der Waals surface area contributed by atoms with Crippen LogP contribution in [0.1, 0.15) is 18.7 Å². The zero-order chi connectivity index (χ0) is 12.5. The summed E-state index contributed by atoms with van der Waals surface area (Å²) in [5.41, 5.74) is 1.89. The van der Waals surface area contributed by atoms with Crippen molar-refractivity contribution in [1.82, 2.24) is 14.9 Å². The van der Waals surface area contributed by atoms with Gasteiger partial charge in [-0.25, -0.2) is 4.98 Å². The van der Waals surface area contributed by atoms with Crippen LogP contribution in [0.2, 0.25) is 0 Å². The summed E-state index contributed by atoms with van der Waals surface area (Å²) < 4.78 is 0. The van der Waals surface area contributed by atoms with Crippen molar-refractivity contribution < 1.29 is 9.59 Å². The van der Waals surface area contributed by atoms with E-state index in [2.05, 4.69) is 9.97 Å². The molecule has 2 heterocycles. The lowest BCUT2D eigenvalue weighted by Crippen LogP contribution is -2.31. The highest BCUT2D eigenvalue weighted by atomic mass is 16.2. The molecule has 5 heteroatoms. The Balaban J connectivity index is 1.73. The molecule has 1 N–H and O–H groups in total. The van der Waals surface area contributed by atoms with E-state index in [1.807, 2.05) is 24.3 Å². The number of imidazole rings is 1. The van der Waals surface area contributed by atoms with Crippen molar-refractivity contribution in [2.75, 3.05) is 6.54 Å². The Kier molecular flexibility index (Phi) is 2.59. The molecule has 0 radical (unpaired) electrons. The molecule has 18 heavy (non-hydrogen) atoms. The third-order valence-electron chi connectivity index (χ3n) is 3.17. The van der Waals surface area contributed by atoms with Crippen LogP contribution in [-0.2, 0) is 16.0 Å². The van der Waals surface area contributed by atoms with E-state index in [1.54, 1.807) is 0 Å². The standard InChI is InChI=1S/C13H13N3O2/c17-12-5-6-13(18)16(12)8-7-11-14-9-3-1-2-4-10(9)15-11/h1-4H,5-8H2,(H,14,15). The van der Waals surface area contributed by atoms with Crippen LogP contribution in [-0.4, -0.2) is 33.2 Å². The van der Waals surface area contributed by atoms with Crippen molar-refractivity contribution in [3.8, 4) is 0 Å². The number of fused-ring (bicyclic) bond motifs is 1. The molecule has 1 aliphatic heterocycles.